The Bertz CT molecular complexity index is 1620. The quantitative estimate of drug-likeness (QED) is 0.309. The van der Waals surface area contributed by atoms with Crippen molar-refractivity contribution in [3.05, 3.63) is 107 Å². The number of sulfone groups is 1. The van der Waals surface area contributed by atoms with E-state index in [-0.39, 0.29) is 34.7 Å². The van der Waals surface area contributed by atoms with E-state index in [9.17, 15) is 23.1 Å². The first kappa shape index (κ1) is 26.4. The Balaban J connectivity index is 1.46. The highest BCUT2D eigenvalue weighted by molar-refractivity contribution is 7.91. The molecule has 1 N–H and O–H groups in total. The van der Waals surface area contributed by atoms with E-state index < -0.39 is 21.7 Å². The minimum atomic E-state index is -3.98. The molecule has 1 aliphatic rings. The second-order valence-corrected chi connectivity index (χ2v) is 11.9. The second-order valence-electron chi connectivity index (χ2n) is 10.0. The van der Waals surface area contributed by atoms with Gasteiger partial charge in [0, 0.05) is 23.7 Å². The molecule has 8 heteroatoms. The van der Waals surface area contributed by atoms with Crippen molar-refractivity contribution in [2.24, 2.45) is 5.92 Å². The number of amides is 1. The average molecular weight is 544 g/mol. The third kappa shape index (κ3) is 5.12. The summed E-state index contributed by atoms with van der Waals surface area (Å²) in [6, 6.07) is 22.3. The van der Waals surface area contributed by atoms with Crippen molar-refractivity contribution in [2.45, 2.75) is 49.1 Å². The summed E-state index contributed by atoms with van der Waals surface area (Å²) in [5, 5.41) is 9.51. The molecule has 7 nitrogen and oxygen atoms in total. The van der Waals surface area contributed by atoms with Crippen molar-refractivity contribution in [2.75, 3.05) is 0 Å². The first-order valence-electron chi connectivity index (χ1n) is 12.8. The summed E-state index contributed by atoms with van der Waals surface area (Å²) in [6.07, 6.45) is 2.07. The average Bonchev–Trinajstić information content (AvgIpc) is 3.62. The van der Waals surface area contributed by atoms with E-state index in [1.54, 1.807) is 71.8 Å². The maximum absolute atomic E-state index is 14.0. The molecule has 0 aliphatic heterocycles. The van der Waals surface area contributed by atoms with E-state index in [1.807, 2.05) is 32.0 Å². The number of carboxylic acids is 1. The van der Waals surface area contributed by atoms with Gasteiger partial charge < -0.3 is 14.4 Å². The Morgan fingerprint density at radius 1 is 0.923 bits per heavy atom. The molecule has 0 saturated heterocycles. The van der Waals surface area contributed by atoms with E-state index in [2.05, 4.69) is 0 Å². The van der Waals surface area contributed by atoms with Crippen LogP contribution >= 0.6 is 0 Å². The number of fused-ring (bicyclic) bond motifs is 1. The maximum atomic E-state index is 14.0. The lowest BCUT2D eigenvalue weighted by atomic mass is 10.1. The Kier molecular flexibility index (Phi) is 7.14. The highest BCUT2D eigenvalue weighted by Crippen LogP contribution is 2.36. The molecule has 0 spiro atoms. The Labute approximate surface area is 227 Å². The zero-order chi connectivity index (χ0) is 27.7. The molecular weight excluding hydrogens is 514 g/mol. The van der Waals surface area contributed by atoms with Gasteiger partial charge in [-0.1, -0.05) is 42.5 Å². The smallest absolute Gasteiger partial charge is 0.307 e. The topological polar surface area (TPSA) is 105 Å². The third-order valence-corrected chi connectivity index (χ3v) is 9.15. The van der Waals surface area contributed by atoms with E-state index in [0.29, 0.717) is 28.9 Å². The zero-order valence-electron chi connectivity index (χ0n) is 21.7. The van der Waals surface area contributed by atoms with Gasteiger partial charge in [-0.2, -0.15) is 0 Å². The maximum Gasteiger partial charge on any atom is 0.307 e. The normalized spacial score (nSPS) is 14.8. The lowest BCUT2D eigenvalue weighted by Gasteiger charge is -2.28. The minimum absolute atomic E-state index is 0.0958. The lowest BCUT2D eigenvalue weighted by Crippen LogP contribution is -2.36. The highest BCUT2D eigenvalue weighted by atomic mass is 32.2. The number of aliphatic carboxylic acids is 1. The van der Waals surface area contributed by atoms with Gasteiger partial charge in [0.1, 0.15) is 5.76 Å². The van der Waals surface area contributed by atoms with Crippen molar-refractivity contribution < 1.29 is 27.5 Å². The highest BCUT2D eigenvalue weighted by Gasteiger charge is 2.34. The van der Waals surface area contributed by atoms with Gasteiger partial charge in [-0.25, -0.2) is 8.42 Å². The molecule has 39 heavy (non-hydrogen) atoms. The fourth-order valence-electron chi connectivity index (χ4n) is 5.12. The van der Waals surface area contributed by atoms with Crippen LogP contribution in [0.4, 0.5) is 0 Å². The Hall–Kier alpha value is -4.17. The number of hydrogen-bond donors (Lipinski definition) is 1. The number of furan rings is 1. The number of hydrogen-bond acceptors (Lipinski definition) is 5. The van der Waals surface area contributed by atoms with Crippen LogP contribution in [0.15, 0.2) is 99.3 Å². The third-order valence-electron chi connectivity index (χ3n) is 7.21. The van der Waals surface area contributed by atoms with Gasteiger partial charge in [-0.3, -0.25) is 9.59 Å². The van der Waals surface area contributed by atoms with Crippen LogP contribution in [0.5, 0.6) is 0 Å². The lowest BCUT2D eigenvalue weighted by molar-refractivity contribution is -0.141. The minimum Gasteiger partial charge on any atom is -0.481 e. The molecule has 5 rings (SSSR count). The summed E-state index contributed by atoms with van der Waals surface area (Å²) >= 11 is 0. The number of benzene rings is 3. The number of carbonyl (C=O) groups is 2. The van der Waals surface area contributed by atoms with E-state index in [0.717, 1.165) is 11.1 Å². The van der Waals surface area contributed by atoms with Crippen molar-refractivity contribution in [3.63, 3.8) is 0 Å². The van der Waals surface area contributed by atoms with Crippen LogP contribution < -0.4 is 0 Å². The van der Waals surface area contributed by atoms with Crippen molar-refractivity contribution in [3.8, 4) is 11.3 Å². The zero-order valence-corrected chi connectivity index (χ0v) is 22.5. The molecule has 1 atom stereocenters. The van der Waals surface area contributed by atoms with Gasteiger partial charge in [0.15, 0.2) is 0 Å². The summed E-state index contributed by atoms with van der Waals surface area (Å²) in [5.41, 5.74) is 3.15. The first-order chi connectivity index (χ1) is 18.7. The number of rotatable bonds is 8. The van der Waals surface area contributed by atoms with Gasteiger partial charge in [0.25, 0.3) is 5.91 Å². The van der Waals surface area contributed by atoms with Gasteiger partial charge in [-0.05, 0) is 79.8 Å². The molecule has 0 fully saturated rings. The van der Waals surface area contributed by atoms with Gasteiger partial charge in [0.05, 0.1) is 22.0 Å². The predicted molar refractivity (Wildman–Crippen MR) is 146 cm³/mol. The Morgan fingerprint density at radius 3 is 2.31 bits per heavy atom. The molecule has 1 heterocycles. The molecule has 200 valence electrons. The SMILES string of the molecule is CC(C)N(Cc1ccccc1S(=O)(=O)c1cccc2c1CC(C(=O)O)C2)C(=O)c1ccc(-c2ccco2)cc1. The van der Waals surface area contributed by atoms with Gasteiger partial charge >= 0.3 is 5.97 Å². The summed E-state index contributed by atoms with van der Waals surface area (Å²) in [5.74, 6) is -1.08. The van der Waals surface area contributed by atoms with Crippen LogP contribution in [-0.4, -0.2) is 36.3 Å². The van der Waals surface area contributed by atoms with Crippen LogP contribution in [0.25, 0.3) is 11.3 Å². The molecule has 1 aromatic heterocycles. The standard InChI is InChI=1S/C31H29NO6S/c1-20(2)32(30(33)22-14-12-21(13-15-22)27-9-6-16-38-27)19-24-7-3-4-10-28(24)39(36,37)29-11-5-8-23-17-25(31(34)35)18-26(23)29/h3-16,20,25H,17-19H2,1-2H3,(H,34,35). The van der Waals surface area contributed by atoms with Crippen molar-refractivity contribution in [1.29, 1.82) is 0 Å². The van der Waals surface area contributed by atoms with E-state index in [1.165, 1.54) is 0 Å². The van der Waals surface area contributed by atoms with Crippen LogP contribution in [-0.2, 0) is 34.0 Å². The summed E-state index contributed by atoms with van der Waals surface area (Å²) in [4.78, 5) is 27.1. The van der Waals surface area contributed by atoms with Crippen LogP contribution in [0, 0.1) is 5.92 Å². The van der Waals surface area contributed by atoms with Crippen molar-refractivity contribution >= 4 is 21.7 Å². The molecular formula is C31H29NO6S. The molecule has 1 amide bonds. The fraction of sp³-hybridized carbons (Fsp3) is 0.226. The van der Waals surface area contributed by atoms with Gasteiger partial charge in [0.2, 0.25) is 9.84 Å². The number of carboxylic acid groups (broad SMARTS) is 1. The first-order valence-corrected chi connectivity index (χ1v) is 14.3. The van der Waals surface area contributed by atoms with Gasteiger partial charge in [-0.15, -0.1) is 0 Å². The molecule has 3 aromatic carbocycles. The predicted octanol–water partition coefficient (Wildman–Crippen LogP) is 5.63. The van der Waals surface area contributed by atoms with E-state index >= 15 is 0 Å². The largest absolute Gasteiger partial charge is 0.481 e. The second kappa shape index (κ2) is 10.5. The number of nitrogens with zero attached hydrogens (tertiary/aromatic N) is 1. The van der Waals surface area contributed by atoms with Crippen LogP contribution in [0.3, 0.4) is 0 Å². The monoisotopic (exact) mass is 543 g/mol. The molecule has 0 bridgehead atoms. The molecule has 0 saturated carbocycles. The molecule has 1 aliphatic carbocycles. The Morgan fingerprint density at radius 2 is 1.64 bits per heavy atom. The molecule has 0 radical (unpaired) electrons. The summed E-state index contributed by atoms with van der Waals surface area (Å²) in [7, 11) is -3.98. The summed E-state index contributed by atoms with van der Waals surface area (Å²) in [6.45, 7) is 3.88. The molecule has 1 unspecified atom stereocenters. The van der Waals surface area contributed by atoms with E-state index in [4.69, 9.17) is 4.42 Å². The van der Waals surface area contributed by atoms with Crippen molar-refractivity contribution in [1.82, 2.24) is 4.90 Å². The number of carbonyl (C=O) groups excluding carboxylic acids is 1. The molecule has 4 aromatic rings. The van der Waals surface area contributed by atoms with Crippen LogP contribution in [0.1, 0.15) is 40.9 Å². The van der Waals surface area contributed by atoms with Crippen LogP contribution in [0.2, 0.25) is 0 Å². The summed E-state index contributed by atoms with van der Waals surface area (Å²) < 4.78 is 33.4. The fourth-order valence-corrected chi connectivity index (χ4v) is 6.89.